The van der Waals surface area contributed by atoms with Gasteiger partial charge in [0.2, 0.25) is 5.91 Å². The van der Waals surface area contributed by atoms with Crippen molar-refractivity contribution in [2.24, 2.45) is 11.1 Å². The summed E-state index contributed by atoms with van der Waals surface area (Å²) >= 11 is 0. The molecule has 8 heteroatoms. The number of aromatic nitrogens is 3. The van der Waals surface area contributed by atoms with Crippen LogP contribution in [0, 0.1) is 19.3 Å². The molecule has 0 aliphatic heterocycles. The highest BCUT2D eigenvalue weighted by molar-refractivity contribution is 5.95. The molecule has 2 heterocycles. The summed E-state index contributed by atoms with van der Waals surface area (Å²) in [6, 6.07) is 5.68. The number of pyridine rings is 1. The summed E-state index contributed by atoms with van der Waals surface area (Å²) in [5, 5.41) is 7.32. The Labute approximate surface area is 161 Å². The molecule has 0 atom stereocenters. The highest BCUT2D eigenvalue weighted by atomic mass is 35.5. The number of nitrogens with one attached hydrogen (secondary N) is 1. The van der Waals surface area contributed by atoms with E-state index in [0.717, 1.165) is 17.2 Å². The Morgan fingerprint density at radius 3 is 2.28 bits per heavy atom. The second-order valence-corrected chi connectivity index (χ2v) is 5.89. The largest absolute Gasteiger partial charge is 0.329 e. The van der Waals surface area contributed by atoms with Gasteiger partial charge in [-0.05, 0) is 44.9 Å². The summed E-state index contributed by atoms with van der Waals surface area (Å²) in [6.45, 7) is 8.23. The van der Waals surface area contributed by atoms with Gasteiger partial charge in [0.25, 0.3) is 0 Å². The Hall–Kier alpha value is -1.63. The van der Waals surface area contributed by atoms with Crippen LogP contribution in [0.1, 0.15) is 38.1 Å². The van der Waals surface area contributed by atoms with Crippen molar-refractivity contribution < 1.29 is 4.79 Å². The molecule has 0 spiro atoms. The first-order valence-corrected chi connectivity index (χ1v) is 7.97. The van der Waals surface area contributed by atoms with Crippen LogP contribution in [0.15, 0.2) is 24.4 Å². The van der Waals surface area contributed by atoms with E-state index in [2.05, 4.69) is 15.4 Å². The van der Waals surface area contributed by atoms with Gasteiger partial charge in [0.05, 0.1) is 23.0 Å². The summed E-state index contributed by atoms with van der Waals surface area (Å²) < 4.78 is 1.78. The summed E-state index contributed by atoms with van der Waals surface area (Å²) in [6.07, 6.45) is 3.07. The van der Waals surface area contributed by atoms with Crippen molar-refractivity contribution in [3.05, 3.63) is 35.8 Å². The monoisotopic (exact) mass is 387 g/mol. The minimum Gasteiger partial charge on any atom is -0.329 e. The van der Waals surface area contributed by atoms with Gasteiger partial charge in [-0.1, -0.05) is 13.8 Å². The minimum absolute atomic E-state index is 0. The zero-order valence-electron chi connectivity index (χ0n) is 15.1. The highest BCUT2D eigenvalue weighted by Gasteiger charge is 2.33. The van der Waals surface area contributed by atoms with Crippen molar-refractivity contribution in [3.63, 3.8) is 0 Å². The van der Waals surface area contributed by atoms with Crippen molar-refractivity contribution in [2.45, 2.75) is 40.5 Å². The molecule has 0 aliphatic carbocycles. The molecule has 1 amide bonds. The van der Waals surface area contributed by atoms with E-state index in [9.17, 15) is 4.79 Å². The highest BCUT2D eigenvalue weighted by Crippen LogP contribution is 2.27. The molecule has 3 N–H and O–H groups in total. The standard InChI is InChI=1S/C17H25N5O.2ClH/c1-5-17(6-2,11-18)16(23)20-14-7-8-15(19-10-14)22-13(4)9-12(3)21-22;;/h7-10H,5-6,11,18H2,1-4H3,(H,20,23);2*1H. The lowest BCUT2D eigenvalue weighted by molar-refractivity contribution is -0.125. The number of nitrogens with two attached hydrogens (primary N) is 1. The summed E-state index contributed by atoms with van der Waals surface area (Å²) in [5.41, 5.74) is 7.93. The lowest BCUT2D eigenvalue weighted by atomic mass is 9.81. The Balaban J connectivity index is 0.00000288. The maximum atomic E-state index is 12.5. The molecule has 25 heavy (non-hydrogen) atoms. The fraction of sp³-hybridized carbons (Fsp3) is 0.471. The van der Waals surface area contributed by atoms with Gasteiger partial charge in [-0.25, -0.2) is 9.67 Å². The molecule has 0 aliphatic rings. The van der Waals surface area contributed by atoms with E-state index in [1.54, 1.807) is 10.9 Å². The van der Waals surface area contributed by atoms with E-state index < -0.39 is 5.41 Å². The zero-order valence-corrected chi connectivity index (χ0v) is 16.7. The van der Waals surface area contributed by atoms with Gasteiger partial charge >= 0.3 is 0 Å². The van der Waals surface area contributed by atoms with Gasteiger partial charge in [-0.15, -0.1) is 24.8 Å². The van der Waals surface area contributed by atoms with E-state index in [4.69, 9.17) is 5.73 Å². The van der Waals surface area contributed by atoms with Crippen LogP contribution >= 0.6 is 24.8 Å². The van der Waals surface area contributed by atoms with Gasteiger partial charge in [-0.3, -0.25) is 4.79 Å². The molecule has 0 radical (unpaired) electrons. The fourth-order valence-electron chi connectivity index (χ4n) is 2.66. The van der Waals surface area contributed by atoms with E-state index in [-0.39, 0.29) is 30.7 Å². The van der Waals surface area contributed by atoms with Gasteiger partial charge in [0.1, 0.15) is 0 Å². The Morgan fingerprint density at radius 1 is 1.24 bits per heavy atom. The van der Waals surface area contributed by atoms with Gasteiger partial charge in [0, 0.05) is 12.2 Å². The molecule has 2 aromatic rings. The van der Waals surface area contributed by atoms with Crippen molar-refractivity contribution >= 4 is 36.4 Å². The third-order valence-electron chi connectivity index (χ3n) is 4.46. The predicted molar refractivity (Wildman–Crippen MR) is 106 cm³/mol. The average Bonchev–Trinajstić information content (AvgIpc) is 2.89. The number of rotatable bonds is 6. The molecule has 2 aromatic heterocycles. The van der Waals surface area contributed by atoms with Crippen LogP contribution in [0.4, 0.5) is 5.69 Å². The van der Waals surface area contributed by atoms with Crippen LogP contribution in [-0.2, 0) is 4.79 Å². The van der Waals surface area contributed by atoms with Crippen LogP contribution in [0.2, 0.25) is 0 Å². The Morgan fingerprint density at radius 2 is 1.88 bits per heavy atom. The maximum Gasteiger partial charge on any atom is 0.231 e. The predicted octanol–water partition coefficient (Wildman–Crippen LogP) is 3.43. The molecule has 0 aromatic carbocycles. The quantitative estimate of drug-likeness (QED) is 0.794. The van der Waals surface area contributed by atoms with E-state index >= 15 is 0 Å². The van der Waals surface area contributed by atoms with Crippen LogP contribution in [0.5, 0.6) is 0 Å². The van der Waals surface area contributed by atoms with Crippen molar-refractivity contribution in [2.75, 3.05) is 11.9 Å². The Bertz CT molecular complexity index is 673. The lowest BCUT2D eigenvalue weighted by Gasteiger charge is -2.28. The molecular weight excluding hydrogens is 361 g/mol. The van der Waals surface area contributed by atoms with E-state index in [1.807, 2.05) is 45.9 Å². The summed E-state index contributed by atoms with van der Waals surface area (Å²) in [4.78, 5) is 16.9. The zero-order chi connectivity index (χ0) is 17.0. The van der Waals surface area contributed by atoms with Crippen molar-refractivity contribution in [1.82, 2.24) is 14.8 Å². The number of aryl methyl sites for hydroxylation is 2. The normalized spacial score (nSPS) is 10.6. The molecule has 0 saturated carbocycles. The fourth-order valence-corrected chi connectivity index (χ4v) is 2.66. The van der Waals surface area contributed by atoms with Crippen molar-refractivity contribution in [3.8, 4) is 5.82 Å². The van der Waals surface area contributed by atoms with Crippen LogP contribution in [0.3, 0.4) is 0 Å². The molecule has 0 unspecified atom stereocenters. The second-order valence-electron chi connectivity index (χ2n) is 5.89. The van der Waals surface area contributed by atoms with Crippen LogP contribution in [-0.4, -0.2) is 27.2 Å². The van der Waals surface area contributed by atoms with E-state index in [1.165, 1.54) is 0 Å². The van der Waals surface area contributed by atoms with Gasteiger partial charge < -0.3 is 11.1 Å². The summed E-state index contributed by atoms with van der Waals surface area (Å²) in [7, 11) is 0. The lowest BCUT2D eigenvalue weighted by Crippen LogP contribution is -2.41. The Kier molecular flexibility index (Phi) is 9.11. The second kappa shape index (κ2) is 9.75. The number of carbonyl (C=O) groups is 1. The molecule has 0 bridgehead atoms. The third-order valence-corrected chi connectivity index (χ3v) is 4.46. The first-order chi connectivity index (χ1) is 11.0. The van der Waals surface area contributed by atoms with Crippen LogP contribution in [0.25, 0.3) is 5.82 Å². The smallest absolute Gasteiger partial charge is 0.231 e. The first kappa shape index (κ1) is 23.4. The number of amides is 1. The SMILES string of the molecule is CCC(CC)(CN)C(=O)Nc1ccc(-n2nc(C)cc2C)nc1.Cl.Cl. The van der Waals surface area contributed by atoms with Crippen LogP contribution < -0.4 is 11.1 Å². The molecular formula is C17H27Cl2N5O. The molecule has 6 nitrogen and oxygen atoms in total. The van der Waals surface area contributed by atoms with E-state index in [0.29, 0.717) is 25.1 Å². The molecule has 2 rings (SSSR count). The minimum atomic E-state index is -0.519. The number of hydrogen-bond donors (Lipinski definition) is 2. The average molecular weight is 388 g/mol. The van der Waals surface area contributed by atoms with Gasteiger partial charge in [-0.2, -0.15) is 5.10 Å². The van der Waals surface area contributed by atoms with Gasteiger partial charge in [0.15, 0.2) is 5.82 Å². The third kappa shape index (κ3) is 4.93. The molecule has 0 fully saturated rings. The number of carbonyl (C=O) groups excluding carboxylic acids is 1. The number of halogens is 2. The summed E-state index contributed by atoms with van der Waals surface area (Å²) in [5.74, 6) is 0.676. The number of anilines is 1. The van der Waals surface area contributed by atoms with Crippen molar-refractivity contribution in [1.29, 1.82) is 0 Å². The molecule has 0 saturated heterocycles. The maximum absolute atomic E-state index is 12.5. The number of nitrogens with zero attached hydrogens (tertiary/aromatic N) is 3. The topological polar surface area (TPSA) is 85.8 Å². The first-order valence-electron chi connectivity index (χ1n) is 7.97. The molecule has 140 valence electrons. The number of hydrogen-bond acceptors (Lipinski definition) is 4.